The molecular weight excluding hydrogens is 288 g/mol. The van der Waals surface area contributed by atoms with E-state index in [2.05, 4.69) is 44.0 Å². The number of imidazole rings is 1. The highest BCUT2D eigenvalue weighted by atomic mass is 16.5. The number of hydrogen-bond acceptors (Lipinski definition) is 3. The van der Waals surface area contributed by atoms with Crippen LogP contribution >= 0.6 is 0 Å². The molecular formula is C18H14N4O. The number of nitrogens with one attached hydrogen (secondary N) is 1. The molecule has 0 amide bonds. The average molecular weight is 302 g/mol. The van der Waals surface area contributed by atoms with Crippen LogP contribution in [-0.4, -0.2) is 26.4 Å². The number of H-pyrrole nitrogens is 1. The molecule has 1 N–H and O–H groups in total. The lowest BCUT2D eigenvalue weighted by atomic mass is 10.1. The molecule has 112 valence electrons. The van der Waals surface area contributed by atoms with Gasteiger partial charge in [-0.2, -0.15) is 5.10 Å². The molecule has 2 aromatic heterocycles. The van der Waals surface area contributed by atoms with Crippen LogP contribution in [-0.2, 0) is 6.42 Å². The summed E-state index contributed by atoms with van der Waals surface area (Å²) in [4.78, 5) is 4.52. The summed E-state index contributed by atoms with van der Waals surface area (Å²) in [6, 6.07) is 12.6. The predicted molar refractivity (Wildman–Crippen MR) is 87.9 cm³/mol. The van der Waals surface area contributed by atoms with Gasteiger partial charge in [0.25, 0.3) is 0 Å². The minimum absolute atomic E-state index is 0.772. The van der Waals surface area contributed by atoms with Crippen molar-refractivity contribution in [1.29, 1.82) is 0 Å². The largest absolute Gasteiger partial charge is 0.493 e. The van der Waals surface area contributed by atoms with Crippen molar-refractivity contribution in [3.8, 4) is 22.6 Å². The first-order valence-electron chi connectivity index (χ1n) is 7.61. The molecule has 5 nitrogen and oxygen atoms in total. The van der Waals surface area contributed by atoms with Crippen LogP contribution in [0.15, 0.2) is 55.1 Å². The summed E-state index contributed by atoms with van der Waals surface area (Å²) in [5.74, 6) is 0.997. The van der Waals surface area contributed by atoms with Gasteiger partial charge < -0.3 is 4.74 Å². The first-order chi connectivity index (χ1) is 11.4. The van der Waals surface area contributed by atoms with Crippen molar-refractivity contribution in [2.45, 2.75) is 6.42 Å². The summed E-state index contributed by atoms with van der Waals surface area (Å²) < 4.78 is 7.71. The molecule has 2 aromatic carbocycles. The summed E-state index contributed by atoms with van der Waals surface area (Å²) in [6.07, 6.45) is 6.57. The molecule has 1 aliphatic rings. The van der Waals surface area contributed by atoms with Gasteiger partial charge >= 0.3 is 0 Å². The maximum atomic E-state index is 5.59. The lowest BCUT2D eigenvalue weighted by Crippen LogP contribution is -1.93. The Morgan fingerprint density at radius 2 is 2.09 bits per heavy atom. The Morgan fingerprint density at radius 1 is 1.09 bits per heavy atom. The second kappa shape index (κ2) is 4.71. The van der Waals surface area contributed by atoms with E-state index in [4.69, 9.17) is 4.74 Å². The van der Waals surface area contributed by atoms with Gasteiger partial charge in [-0.3, -0.25) is 9.67 Å². The number of hydrogen-bond donors (Lipinski definition) is 1. The van der Waals surface area contributed by atoms with Crippen molar-refractivity contribution in [1.82, 2.24) is 19.7 Å². The van der Waals surface area contributed by atoms with Crippen LogP contribution in [0.5, 0.6) is 5.75 Å². The van der Waals surface area contributed by atoms with Gasteiger partial charge in [0.1, 0.15) is 12.1 Å². The third kappa shape index (κ3) is 1.93. The number of ether oxygens (including phenoxy) is 1. The number of benzene rings is 2. The van der Waals surface area contributed by atoms with Crippen LogP contribution in [0.2, 0.25) is 0 Å². The SMILES string of the molecule is c1cc2ncn(-c3ccc4c(c3)CCO4)c2cc1-c1cn[nH]c1. The standard InChI is InChI=1S/C18H14N4O/c1-3-16-17(8-12(1)14-9-20-21-10-14)22(11-19-16)15-2-4-18-13(7-15)5-6-23-18/h1-4,7-11H,5-6H2,(H,20,21). The van der Waals surface area contributed by atoms with Gasteiger partial charge in [0.2, 0.25) is 0 Å². The molecule has 0 saturated heterocycles. The van der Waals surface area contributed by atoms with Crippen molar-refractivity contribution < 1.29 is 4.74 Å². The Bertz CT molecular complexity index is 1000. The van der Waals surface area contributed by atoms with Gasteiger partial charge in [-0.1, -0.05) is 6.07 Å². The van der Waals surface area contributed by atoms with Gasteiger partial charge in [0.05, 0.1) is 23.8 Å². The molecule has 0 radical (unpaired) electrons. The number of nitrogens with zero attached hydrogens (tertiary/aromatic N) is 3. The van der Waals surface area contributed by atoms with Crippen LogP contribution in [0.1, 0.15) is 5.56 Å². The molecule has 3 heterocycles. The summed E-state index contributed by atoms with van der Waals surface area (Å²) >= 11 is 0. The Balaban J connectivity index is 1.68. The van der Waals surface area contributed by atoms with Crippen molar-refractivity contribution in [2.24, 2.45) is 0 Å². The number of aromatic nitrogens is 4. The summed E-state index contributed by atoms with van der Waals surface area (Å²) in [7, 11) is 0. The number of rotatable bonds is 2. The Morgan fingerprint density at radius 3 is 3.00 bits per heavy atom. The lowest BCUT2D eigenvalue weighted by Gasteiger charge is -2.07. The highest BCUT2D eigenvalue weighted by Crippen LogP contribution is 2.30. The van der Waals surface area contributed by atoms with E-state index in [0.717, 1.165) is 46.6 Å². The van der Waals surface area contributed by atoms with E-state index in [0.29, 0.717) is 0 Å². The molecule has 0 unspecified atom stereocenters. The number of aromatic amines is 1. The van der Waals surface area contributed by atoms with Gasteiger partial charge in [0, 0.05) is 23.9 Å². The Labute approximate surface area is 132 Å². The molecule has 4 aromatic rings. The van der Waals surface area contributed by atoms with Crippen molar-refractivity contribution in [3.05, 3.63) is 60.7 Å². The fourth-order valence-corrected chi connectivity index (χ4v) is 3.12. The van der Waals surface area contributed by atoms with E-state index in [1.165, 1.54) is 5.56 Å². The molecule has 0 spiro atoms. The van der Waals surface area contributed by atoms with Gasteiger partial charge in [-0.05, 0) is 41.5 Å². The predicted octanol–water partition coefficient (Wildman–Crippen LogP) is 3.35. The minimum Gasteiger partial charge on any atom is -0.493 e. The summed E-state index contributed by atoms with van der Waals surface area (Å²) in [6.45, 7) is 0.772. The third-order valence-electron chi connectivity index (χ3n) is 4.33. The van der Waals surface area contributed by atoms with Crippen LogP contribution < -0.4 is 4.74 Å². The van der Waals surface area contributed by atoms with Crippen molar-refractivity contribution in [2.75, 3.05) is 6.61 Å². The second-order valence-electron chi connectivity index (χ2n) is 5.70. The molecule has 0 fully saturated rings. The average Bonchev–Trinajstić information content (AvgIpc) is 3.32. The highest BCUT2D eigenvalue weighted by Gasteiger charge is 2.14. The lowest BCUT2D eigenvalue weighted by molar-refractivity contribution is 0.357. The normalized spacial score (nSPS) is 13.2. The smallest absolute Gasteiger partial charge is 0.122 e. The first kappa shape index (κ1) is 12.5. The van der Waals surface area contributed by atoms with E-state index < -0.39 is 0 Å². The number of fused-ring (bicyclic) bond motifs is 2. The third-order valence-corrected chi connectivity index (χ3v) is 4.33. The fourth-order valence-electron chi connectivity index (χ4n) is 3.12. The van der Waals surface area contributed by atoms with Gasteiger partial charge in [0.15, 0.2) is 0 Å². The summed E-state index contributed by atoms with van der Waals surface area (Å²) in [5, 5.41) is 6.88. The van der Waals surface area contributed by atoms with Crippen LogP contribution in [0.3, 0.4) is 0 Å². The molecule has 5 heteroatoms. The van der Waals surface area contributed by atoms with E-state index >= 15 is 0 Å². The monoisotopic (exact) mass is 302 g/mol. The van der Waals surface area contributed by atoms with E-state index in [-0.39, 0.29) is 0 Å². The van der Waals surface area contributed by atoms with Crippen LogP contribution in [0.25, 0.3) is 27.8 Å². The zero-order chi connectivity index (χ0) is 15.2. The van der Waals surface area contributed by atoms with E-state index in [1.807, 2.05) is 30.9 Å². The first-order valence-corrected chi connectivity index (χ1v) is 7.61. The molecule has 0 aliphatic carbocycles. The van der Waals surface area contributed by atoms with Gasteiger partial charge in [-0.15, -0.1) is 0 Å². The Kier molecular flexibility index (Phi) is 2.55. The quantitative estimate of drug-likeness (QED) is 0.618. The Hall–Kier alpha value is -3.08. The van der Waals surface area contributed by atoms with E-state index in [9.17, 15) is 0 Å². The molecule has 1 aliphatic heterocycles. The van der Waals surface area contributed by atoms with Crippen LogP contribution in [0, 0.1) is 0 Å². The maximum Gasteiger partial charge on any atom is 0.122 e. The molecule has 0 saturated carbocycles. The topological polar surface area (TPSA) is 55.7 Å². The highest BCUT2D eigenvalue weighted by molar-refractivity contribution is 5.83. The molecule has 0 atom stereocenters. The zero-order valence-electron chi connectivity index (χ0n) is 12.4. The molecule has 0 bridgehead atoms. The fraction of sp³-hybridized carbons (Fsp3) is 0.111. The van der Waals surface area contributed by atoms with Crippen molar-refractivity contribution >= 4 is 11.0 Å². The molecule has 5 rings (SSSR count). The van der Waals surface area contributed by atoms with Gasteiger partial charge in [-0.25, -0.2) is 4.98 Å². The second-order valence-corrected chi connectivity index (χ2v) is 5.70. The van der Waals surface area contributed by atoms with Crippen LogP contribution in [0.4, 0.5) is 0 Å². The maximum absolute atomic E-state index is 5.59. The minimum atomic E-state index is 0.772. The van der Waals surface area contributed by atoms with E-state index in [1.54, 1.807) is 0 Å². The summed E-state index contributed by atoms with van der Waals surface area (Å²) in [5.41, 5.74) is 6.63. The van der Waals surface area contributed by atoms with Crippen molar-refractivity contribution in [3.63, 3.8) is 0 Å². The zero-order valence-corrected chi connectivity index (χ0v) is 12.4. The molecule has 23 heavy (non-hydrogen) atoms.